The molecule has 3 fully saturated rings. The number of benzene rings is 1. The number of piperazine rings is 1. The molecule has 3 saturated heterocycles. The first-order chi connectivity index (χ1) is 13.7. The third-order valence-electron chi connectivity index (χ3n) is 5.64. The monoisotopic (exact) mass is 375 g/mol. The van der Waals surface area contributed by atoms with Crippen LogP contribution in [0, 0.1) is 11.3 Å². The number of nitriles is 1. The van der Waals surface area contributed by atoms with Crippen LogP contribution in [0.2, 0.25) is 0 Å². The molecule has 0 spiro atoms. The Kier molecular flexibility index (Phi) is 4.11. The first kappa shape index (κ1) is 17.0. The van der Waals surface area contributed by atoms with Gasteiger partial charge in [0.25, 0.3) is 0 Å². The summed E-state index contributed by atoms with van der Waals surface area (Å²) in [7, 11) is 0. The highest BCUT2D eigenvalue weighted by Crippen LogP contribution is 2.27. The van der Waals surface area contributed by atoms with Crippen LogP contribution in [0.25, 0.3) is 5.52 Å². The van der Waals surface area contributed by atoms with E-state index in [0.29, 0.717) is 35.0 Å². The van der Waals surface area contributed by atoms with Crippen LogP contribution >= 0.6 is 0 Å². The quantitative estimate of drug-likeness (QED) is 0.596. The van der Waals surface area contributed by atoms with Gasteiger partial charge < -0.3 is 20.6 Å². The maximum absolute atomic E-state index is 10.8. The molecule has 3 aliphatic rings. The predicted molar refractivity (Wildman–Crippen MR) is 105 cm³/mol. The van der Waals surface area contributed by atoms with Gasteiger partial charge in [-0.3, -0.25) is 0 Å². The van der Waals surface area contributed by atoms with E-state index in [1.54, 1.807) is 28.9 Å². The van der Waals surface area contributed by atoms with E-state index in [1.807, 2.05) is 18.2 Å². The van der Waals surface area contributed by atoms with Crippen molar-refractivity contribution in [1.29, 1.82) is 5.26 Å². The van der Waals surface area contributed by atoms with E-state index < -0.39 is 6.23 Å². The number of nitrogens with one attached hydrogen (secondary N) is 2. The molecule has 0 saturated carbocycles. The summed E-state index contributed by atoms with van der Waals surface area (Å²) in [5.74, 6) is 0.686. The summed E-state index contributed by atoms with van der Waals surface area (Å²) in [6.45, 7) is 1.86. The maximum atomic E-state index is 10.8. The van der Waals surface area contributed by atoms with Gasteiger partial charge in [0.05, 0.1) is 28.7 Å². The second-order valence-electron chi connectivity index (χ2n) is 7.35. The number of para-hydroxylation sites is 1. The van der Waals surface area contributed by atoms with E-state index in [2.05, 4.69) is 26.6 Å². The smallest absolute Gasteiger partial charge is 0.243 e. The number of hydrogen-bond donors (Lipinski definition) is 3. The van der Waals surface area contributed by atoms with E-state index in [0.717, 1.165) is 25.0 Å². The van der Waals surface area contributed by atoms with E-state index in [4.69, 9.17) is 5.10 Å². The Labute approximate surface area is 162 Å². The number of aromatic nitrogens is 3. The highest BCUT2D eigenvalue weighted by molar-refractivity contribution is 5.58. The number of fused-ring (bicyclic) bond motifs is 4. The molecule has 3 aliphatic heterocycles. The Morgan fingerprint density at radius 2 is 2.14 bits per heavy atom. The second kappa shape index (κ2) is 6.78. The average Bonchev–Trinajstić information content (AvgIpc) is 3.18. The standard InChI is InChI=1S/C20H21N7O/c21-9-13-3-1-2-4-17(13)24-19(28)18-8-7-16-11-23-20(25-27(16)18)26-12-14-5-6-15(26)10-22-14/h1-4,7-8,11,14-15,19,22,24,28H,5-6,10,12H2/t14-,15-,19?/m0/s1. The molecule has 8 nitrogen and oxygen atoms in total. The Balaban J connectivity index is 1.46. The summed E-state index contributed by atoms with van der Waals surface area (Å²) >= 11 is 0. The maximum Gasteiger partial charge on any atom is 0.243 e. The van der Waals surface area contributed by atoms with Gasteiger partial charge in [-0.25, -0.2) is 9.50 Å². The van der Waals surface area contributed by atoms with Gasteiger partial charge in [-0.1, -0.05) is 12.1 Å². The van der Waals surface area contributed by atoms with Gasteiger partial charge in [0, 0.05) is 25.2 Å². The molecular formula is C20H21N7O. The number of piperidine rings is 2. The van der Waals surface area contributed by atoms with Gasteiger partial charge in [-0.05, 0) is 37.1 Å². The summed E-state index contributed by atoms with van der Waals surface area (Å²) in [5, 5.41) is 31.3. The number of aliphatic hydroxyl groups is 1. The number of aliphatic hydroxyl groups excluding tert-OH is 1. The third-order valence-corrected chi connectivity index (χ3v) is 5.64. The zero-order valence-electron chi connectivity index (χ0n) is 15.3. The van der Waals surface area contributed by atoms with Gasteiger partial charge >= 0.3 is 0 Å². The molecule has 5 heterocycles. The van der Waals surface area contributed by atoms with Crippen LogP contribution in [-0.2, 0) is 0 Å². The van der Waals surface area contributed by atoms with Crippen molar-refractivity contribution in [2.24, 2.45) is 0 Å². The summed E-state index contributed by atoms with van der Waals surface area (Å²) in [6.07, 6.45) is 3.13. The van der Waals surface area contributed by atoms with E-state index in [1.165, 1.54) is 6.42 Å². The normalized spacial score (nSPS) is 22.2. The highest BCUT2D eigenvalue weighted by Gasteiger charge is 2.35. The molecular weight excluding hydrogens is 354 g/mol. The molecule has 28 heavy (non-hydrogen) atoms. The van der Waals surface area contributed by atoms with Crippen LogP contribution in [0.4, 0.5) is 11.6 Å². The summed E-state index contributed by atoms with van der Waals surface area (Å²) in [4.78, 5) is 6.82. The van der Waals surface area contributed by atoms with Crippen LogP contribution < -0.4 is 15.5 Å². The van der Waals surface area contributed by atoms with Gasteiger partial charge in [-0.15, -0.1) is 5.10 Å². The molecule has 1 aromatic carbocycles. The molecule has 8 heteroatoms. The Bertz CT molecular complexity index is 1050. The second-order valence-corrected chi connectivity index (χ2v) is 7.35. The molecule has 2 aromatic heterocycles. The fourth-order valence-electron chi connectivity index (χ4n) is 4.13. The Morgan fingerprint density at radius 1 is 1.25 bits per heavy atom. The summed E-state index contributed by atoms with van der Waals surface area (Å²) < 4.78 is 1.73. The number of rotatable bonds is 4. The van der Waals surface area contributed by atoms with Crippen LogP contribution in [0.5, 0.6) is 0 Å². The SMILES string of the molecule is N#Cc1ccccc1NC(O)c1ccc2cnc(N3C[C@@H]4CC[C@H]3CN4)nn12. The van der Waals surface area contributed by atoms with Crippen molar-refractivity contribution in [3.63, 3.8) is 0 Å². The Hall–Kier alpha value is -3.15. The molecule has 2 bridgehead atoms. The van der Waals surface area contributed by atoms with E-state index in [9.17, 15) is 10.4 Å². The lowest BCUT2D eigenvalue weighted by Gasteiger charge is -2.45. The minimum absolute atomic E-state index is 0.409. The van der Waals surface area contributed by atoms with Crippen molar-refractivity contribution in [3.05, 3.63) is 53.9 Å². The first-order valence-corrected chi connectivity index (χ1v) is 9.51. The fraction of sp³-hybridized carbons (Fsp3) is 0.350. The zero-order valence-corrected chi connectivity index (χ0v) is 15.3. The van der Waals surface area contributed by atoms with Crippen molar-refractivity contribution in [1.82, 2.24) is 19.9 Å². The van der Waals surface area contributed by atoms with Crippen LogP contribution in [0.3, 0.4) is 0 Å². The fourth-order valence-corrected chi connectivity index (χ4v) is 4.13. The van der Waals surface area contributed by atoms with Crippen LogP contribution in [-0.4, -0.2) is 44.9 Å². The molecule has 3 aromatic rings. The van der Waals surface area contributed by atoms with Gasteiger partial charge in [-0.2, -0.15) is 5.26 Å². The number of hydrogen-bond acceptors (Lipinski definition) is 7. The number of nitrogens with zero attached hydrogens (tertiary/aromatic N) is 5. The molecule has 0 amide bonds. The molecule has 6 rings (SSSR count). The van der Waals surface area contributed by atoms with Gasteiger partial charge in [0.2, 0.25) is 5.95 Å². The van der Waals surface area contributed by atoms with Crippen molar-refractivity contribution >= 4 is 17.2 Å². The highest BCUT2D eigenvalue weighted by atomic mass is 16.3. The minimum atomic E-state index is -1.00. The van der Waals surface area contributed by atoms with Crippen molar-refractivity contribution in [2.45, 2.75) is 31.2 Å². The summed E-state index contributed by atoms with van der Waals surface area (Å²) in [6, 6.07) is 13.8. The van der Waals surface area contributed by atoms with E-state index >= 15 is 0 Å². The lowest BCUT2D eigenvalue weighted by atomic mass is 9.93. The average molecular weight is 375 g/mol. The minimum Gasteiger partial charge on any atom is -0.368 e. The molecule has 1 unspecified atom stereocenters. The largest absolute Gasteiger partial charge is 0.368 e. The molecule has 0 aliphatic carbocycles. The molecule has 0 radical (unpaired) electrons. The lowest BCUT2D eigenvalue weighted by molar-refractivity contribution is 0.201. The third kappa shape index (κ3) is 2.85. The number of anilines is 2. The molecule has 3 N–H and O–H groups in total. The first-order valence-electron chi connectivity index (χ1n) is 9.51. The summed E-state index contributed by atoms with van der Waals surface area (Å²) in [5.41, 5.74) is 2.48. The van der Waals surface area contributed by atoms with Crippen molar-refractivity contribution in [3.8, 4) is 6.07 Å². The van der Waals surface area contributed by atoms with E-state index in [-0.39, 0.29) is 0 Å². The topological polar surface area (TPSA) is 102 Å². The van der Waals surface area contributed by atoms with Crippen molar-refractivity contribution < 1.29 is 5.11 Å². The van der Waals surface area contributed by atoms with Crippen molar-refractivity contribution in [2.75, 3.05) is 23.3 Å². The van der Waals surface area contributed by atoms with Crippen LogP contribution in [0.15, 0.2) is 42.6 Å². The lowest BCUT2D eigenvalue weighted by Crippen LogP contribution is -2.61. The van der Waals surface area contributed by atoms with Gasteiger partial charge in [0.1, 0.15) is 6.07 Å². The van der Waals surface area contributed by atoms with Crippen LogP contribution in [0.1, 0.15) is 30.3 Å². The Morgan fingerprint density at radius 3 is 2.89 bits per heavy atom. The predicted octanol–water partition coefficient (Wildman–Crippen LogP) is 1.64. The van der Waals surface area contributed by atoms with Gasteiger partial charge in [0.15, 0.2) is 6.23 Å². The zero-order chi connectivity index (χ0) is 19.1. The molecule has 142 valence electrons. The molecule has 3 atom stereocenters.